The molecule has 120 valence electrons. The van der Waals surface area contributed by atoms with Crippen molar-refractivity contribution >= 4 is 23.3 Å². The number of nitrogens with one attached hydrogen (secondary N) is 1. The van der Waals surface area contributed by atoms with Gasteiger partial charge in [-0.15, -0.1) is 12.4 Å². The molecule has 2 heterocycles. The van der Waals surface area contributed by atoms with E-state index in [2.05, 4.69) is 63.6 Å². The molecule has 5 heteroatoms. The normalized spacial score (nSPS) is 21.4. The molecule has 0 amide bonds. The third kappa shape index (κ3) is 3.24. The van der Waals surface area contributed by atoms with E-state index in [1.807, 2.05) is 6.20 Å². The summed E-state index contributed by atoms with van der Waals surface area (Å²) >= 11 is 0. The number of halogens is 1. The van der Waals surface area contributed by atoms with Crippen LogP contribution in [-0.2, 0) is 6.54 Å². The molecule has 2 aromatic carbocycles. The number of hydrogen-bond acceptors (Lipinski definition) is 3. The average molecular weight is 329 g/mol. The van der Waals surface area contributed by atoms with E-state index in [9.17, 15) is 0 Å². The molecule has 0 saturated carbocycles. The van der Waals surface area contributed by atoms with Gasteiger partial charge in [0.1, 0.15) is 0 Å². The Morgan fingerprint density at radius 3 is 2.78 bits per heavy atom. The van der Waals surface area contributed by atoms with Crippen LogP contribution in [0.15, 0.2) is 54.7 Å². The first-order chi connectivity index (χ1) is 10.8. The van der Waals surface area contributed by atoms with Crippen LogP contribution in [0.25, 0.3) is 10.9 Å². The lowest BCUT2D eigenvalue weighted by Crippen LogP contribution is -2.28. The highest BCUT2D eigenvalue weighted by Crippen LogP contribution is 2.27. The Kier molecular flexibility index (Phi) is 4.66. The number of nitrogens with two attached hydrogens (primary N) is 1. The standard InChI is InChI=1S/C18H20N4.ClH/c19-17-12-22(11-16(17)14-4-2-1-3-5-14)10-13-6-7-15-9-20-21-18(15)8-13;/h1-9,16-17H,10-12,19H2,(H,20,21);1H/t16-,17+;/m0./s1. The lowest BCUT2D eigenvalue weighted by Gasteiger charge is -2.16. The quantitative estimate of drug-likeness (QED) is 0.777. The molecule has 1 aliphatic heterocycles. The number of fused-ring (bicyclic) bond motifs is 1. The molecule has 23 heavy (non-hydrogen) atoms. The smallest absolute Gasteiger partial charge is 0.0653 e. The van der Waals surface area contributed by atoms with Crippen molar-refractivity contribution in [2.45, 2.75) is 18.5 Å². The topological polar surface area (TPSA) is 57.9 Å². The van der Waals surface area contributed by atoms with E-state index >= 15 is 0 Å². The van der Waals surface area contributed by atoms with Gasteiger partial charge in [-0.2, -0.15) is 5.10 Å². The summed E-state index contributed by atoms with van der Waals surface area (Å²) in [6.07, 6.45) is 1.86. The Morgan fingerprint density at radius 2 is 1.96 bits per heavy atom. The molecule has 0 unspecified atom stereocenters. The lowest BCUT2D eigenvalue weighted by atomic mass is 9.95. The van der Waals surface area contributed by atoms with Crippen molar-refractivity contribution in [2.24, 2.45) is 5.73 Å². The zero-order chi connectivity index (χ0) is 14.9. The fourth-order valence-corrected chi connectivity index (χ4v) is 3.44. The highest BCUT2D eigenvalue weighted by molar-refractivity contribution is 5.85. The van der Waals surface area contributed by atoms with E-state index < -0.39 is 0 Å². The van der Waals surface area contributed by atoms with Crippen LogP contribution in [0.2, 0.25) is 0 Å². The number of nitrogens with zero attached hydrogens (tertiary/aromatic N) is 2. The molecule has 1 fully saturated rings. The summed E-state index contributed by atoms with van der Waals surface area (Å²) in [7, 11) is 0. The van der Waals surface area contributed by atoms with Crippen LogP contribution < -0.4 is 5.73 Å². The maximum atomic E-state index is 6.37. The van der Waals surface area contributed by atoms with Gasteiger partial charge in [-0.3, -0.25) is 10.00 Å². The maximum Gasteiger partial charge on any atom is 0.0653 e. The van der Waals surface area contributed by atoms with E-state index in [1.54, 1.807) is 0 Å². The van der Waals surface area contributed by atoms with Gasteiger partial charge in [-0.25, -0.2) is 0 Å². The molecule has 1 aliphatic rings. The SMILES string of the molecule is Cl.N[C@@H]1CN(Cc2ccc3cn[nH]c3c2)C[C@H]1c1ccccc1. The van der Waals surface area contributed by atoms with Crippen LogP contribution in [0.1, 0.15) is 17.0 Å². The van der Waals surface area contributed by atoms with Crippen LogP contribution in [0.3, 0.4) is 0 Å². The molecule has 0 radical (unpaired) electrons. The van der Waals surface area contributed by atoms with Crippen LogP contribution in [0.4, 0.5) is 0 Å². The molecular weight excluding hydrogens is 308 g/mol. The third-order valence-electron chi connectivity index (χ3n) is 4.58. The fraction of sp³-hybridized carbons (Fsp3) is 0.278. The number of aromatic amines is 1. The van der Waals surface area contributed by atoms with Crippen molar-refractivity contribution in [1.29, 1.82) is 0 Å². The van der Waals surface area contributed by atoms with Crippen LogP contribution in [0, 0.1) is 0 Å². The minimum Gasteiger partial charge on any atom is -0.326 e. The number of H-pyrrole nitrogens is 1. The van der Waals surface area contributed by atoms with E-state index in [1.165, 1.54) is 11.1 Å². The van der Waals surface area contributed by atoms with Gasteiger partial charge in [-0.05, 0) is 17.2 Å². The van der Waals surface area contributed by atoms with Gasteiger partial charge in [0, 0.05) is 37.0 Å². The molecule has 0 spiro atoms. The number of benzene rings is 2. The number of likely N-dealkylation sites (tertiary alicyclic amines) is 1. The van der Waals surface area contributed by atoms with E-state index in [0.29, 0.717) is 5.92 Å². The molecule has 1 saturated heterocycles. The summed E-state index contributed by atoms with van der Waals surface area (Å²) < 4.78 is 0. The molecular formula is C18H21ClN4. The van der Waals surface area contributed by atoms with Crippen LogP contribution in [-0.4, -0.2) is 34.2 Å². The average Bonchev–Trinajstić information content (AvgIpc) is 3.14. The van der Waals surface area contributed by atoms with Crippen LogP contribution in [0.5, 0.6) is 0 Å². The highest BCUT2D eigenvalue weighted by Gasteiger charge is 2.30. The maximum absolute atomic E-state index is 6.37. The van der Waals surface area contributed by atoms with Gasteiger partial charge < -0.3 is 5.73 Å². The molecule has 4 nitrogen and oxygen atoms in total. The lowest BCUT2D eigenvalue weighted by molar-refractivity contribution is 0.324. The minimum absolute atomic E-state index is 0. The first-order valence-electron chi connectivity index (χ1n) is 7.74. The second-order valence-corrected chi connectivity index (χ2v) is 6.17. The largest absolute Gasteiger partial charge is 0.326 e. The summed E-state index contributed by atoms with van der Waals surface area (Å²) in [6.45, 7) is 2.90. The Balaban J connectivity index is 0.00000156. The van der Waals surface area contributed by atoms with E-state index in [-0.39, 0.29) is 18.4 Å². The molecule has 3 aromatic rings. The van der Waals surface area contributed by atoms with Gasteiger partial charge in [0.05, 0.1) is 11.7 Å². The Hall–Kier alpha value is -1.88. The third-order valence-corrected chi connectivity index (χ3v) is 4.58. The van der Waals surface area contributed by atoms with Crippen molar-refractivity contribution < 1.29 is 0 Å². The minimum atomic E-state index is 0. The van der Waals surface area contributed by atoms with E-state index in [4.69, 9.17) is 5.73 Å². The highest BCUT2D eigenvalue weighted by atomic mass is 35.5. The number of rotatable bonds is 3. The predicted molar refractivity (Wildman–Crippen MR) is 95.8 cm³/mol. The molecule has 0 bridgehead atoms. The second kappa shape index (κ2) is 6.71. The number of hydrogen-bond donors (Lipinski definition) is 2. The van der Waals surface area contributed by atoms with Gasteiger partial charge in [0.15, 0.2) is 0 Å². The first-order valence-corrected chi connectivity index (χ1v) is 7.74. The summed E-state index contributed by atoms with van der Waals surface area (Å²) in [5, 5.41) is 8.27. The van der Waals surface area contributed by atoms with Gasteiger partial charge in [-0.1, -0.05) is 42.5 Å². The molecule has 2 atom stereocenters. The molecule has 0 aliphatic carbocycles. The van der Waals surface area contributed by atoms with Gasteiger partial charge in [0.2, 0.25) is 0 Å². The summed E-state index contributed by atoms with van der Waals surface area (Å²) in [5.41, 5.74) is 10.1. The first kappa shape index (κ1) is 16.0. The summed E-state index contributed by atoms with van der Waals surface area (Å²) in [5.74, 6) is 0.428. The van der Waals surface area contributed by atoms with Crippen molar-refractivity contribution in [2.75, 3.05) is 13.1 Å². The van der Waals surface area contributed by atoms with Crippen LogP contribution >= 0.6 is 12.4 Å². The van der Waals surface area contributed by atoms with Crippen molar-refractivity contribution in [1.82, 2.24) is 15.1 Å². The summed E-state index contributed by atoms with van der Waals surface area (Å²) in [4.78, 5) is 2.44. The molecule has 1 aromatic heterocycles. The van der Waals surface area contributed by atoms with Crippen molar-refractivity contribution in [3.8, 4) is 0 Å². The predicted octanol–water partition coefficient (Wildman–Crippen LogP) is 2.91. The molecule has 4 rings (SSSR count). The Labute approximate surface area is 142 Å². The number of aromatic nitrogens is 2. The van der Waals surface area contributed by atoms with Gasteiger partial charge >= 0.3 is 0 Å². The fourth-order valence-electron chi connectivity index (χ4n) is 3.44. The monoisotopic (exact) mass is 328 g/mol. The van der Waals surface area contributed by atoms with Crippen molar-refractivity contribution in [3.63, 3.8) is 0 Å². The zero-order valence-corrected chi connectivity index (χ0v) is 13.7. The van der Waals surface area contributed by atoms with Crippen molar-refractivity contribution in [3.05, 3.63) is 65.9 Å². The molecule has 3 N–H and O–H groups in total. The Bertz CT molecular complexity index is 771. The Morgan fingerprint density at radius 1 is 1.13 bits per heavy atom. The van der Waals surface area contributed by atoms with Gasteiger partial charge in [0.25, 0.3) is 0 Å². The van der Waals surface area contributed by atoms with E-state index in [0.717, 1.165) is 30.5 Å². The summed E-state index contributed by atoms with van der Waals surface area (Å²) in [6, 6.07) is 17.3. The zero-order valence-electron chi connectivity index (χ0n) is 12.9. The second-order valence-electron chi connectivity index (χ2n) is 6.17.